The monoisotopic (exact) mass is 328 g/mol. The van der Waals surface area contributed by atoms with Gasteiger partial charge in [-0.15, -0.1) is 0 Å². The predicted octanol–water partition coefficient (Wildman–Crippen LogP) is 3.48. The van der Waals surface area contributed by atoms with Gasteiger partial charge in [0.15, 0.2) is 0 Å². The van der Waals surface area contributed by atoms with Crippen molar-refractivity contribution < 1.29 is 12.8 Å². The van der Waals surface area contributed by atoms with Crippen molar-refractivity contribution in [3.8, 4) is 0 Å². The first-order valence-corrected chi connectivity index (χ1v) is 7.91. The molecule has 2 aromatic rings. The summed E-state index contributed by atoms with van der Waals surface area (Å²) in [5.74, 6) is -0.428. The van der Waals surface area contributed by atoms with E-state index in [9.17, 15) is 12.8 Å². The number of sulfonamides is 1. The van der Waals surface area contributed by atoms with Crippen LogP contribution in [-0.4, -0.2) is 8.42 Å². The Kier molecular flexibility index (Phi) is 4.11. The van der Waals surface area contributed by atoms with Crippen molar-refractivity contribution in [1.82, 2.24) is 0 Å². The zero-order valence-corrected chi connectivity index (χ0v) is 13.0. The largest absolute Gasteiger partial charge is 0.397 e. The molecule has 2 rings (SSSR count). The fourth-order valence-electron chi connectivity index (χ4n) is 1.90. The number of benzene rings is 2. The molecule has 0 unspecified atom stereocenters. The molecule has 0 radical (unpaired) electrons. The van der Waals surface area contributed by atoms with Crippen molar-refractivity contribution in [2.24, 2.45) is 0 Å². The summed E-state index contributed by atoms with van der Waals surface area (Å²) in [5.41, 5.74) is 7.10. The first-order valence-electron chi connectivity index (χ1n) is 6.05. The summed E-state index contributed by atoms with van der Waals surface area (Å²) >= 11 is 5.86. The van der Waals surface area contributed by atoms with Crippen LogP contribution in [0.2, 0.25) is 5.02 Å². The van der Waals surface area contributed by atoms with Gasteiger partial charge in [0.1, 0.15) is 5.82 Å². The summed E-state index contributed by atoms with van der Waals surface area (Å²) in [6, 6.07) is 6.60. The maximum absolute atomic E-state index is 13.1. The van der Waals surface area contributed by atoms with Crippen molar-refractivity contribution in [2.45, 2.75) is 18.7 Å². The van der Waals surface area contributed by atoms with Gasteiger partial charge in [-0.1, -0.05) is 11.6 Å². The van der Waals surface area contributed by atoms with Crippen LogP contribution in [0.3, 0.4) is 0 Å². The molecule has 0 aliphatic carbocycles. The van der Waals surface area contributed by atoms with Gasteiger partial charge in [-0.3, -0.25) is 4.72 Å². The molecule has 0 saturated carbocycles. The zero-order valence-electron chi connectivity index (χ0n) is 11.4. The molecule has 112 valence electrons. The average molecular weight is 329 g/mol. The van der Waals surface area contributed by atoms with E-state index in [1.54, 1.807) is 13.8 Å². The highest BCUT2D eigenvalue weighted by Crippen LogP contribution is 2.28. The van der Waals surface area contributed by atoms with Crippen LogP contribution < -0.4 is 10.5 Å². The Morgan fingerprint density at radius 3 is 2.43 bits per heavy atom. The quantitative estimate of drug-likeness (QED) is 0.847. The van der Waals surface area contributed by atoms with Crippen LogP contribution in [0.15, 0.2) is 35.2 Å². The molecule has 7 heteroatoms. The summed E-state index contributed by atoms with van der Waals surface area (Å²) in [6.45, 7) is 3.24. The molecule has 0 heterocycles. The van der Waals surface area contributed by atoms with E-state index < -0.39 is 15.8 Å². The SMILES string of the molecule is Cc1cc(F)ccc1NS(=O)(=O)c1cc(N)c(Cl)cc1C. The Hall–Kier alpha value is -1.79. The molecule has 0 aliphatic heterocycles. The number of rotatable bonds is 3. The summed E-state index contributed by atoms with van der Waals surface area (Å²) < 4.78 is 40.3. The minimum atomic E-state index is -3.83. The molecule has 0 amide bonds. The lowest BCUT2D eigenvalue weighted by molar-refractivity contribution is 0.600. The molecule has 3 N–H and O–H groups in total. The zero-order chi connectivity index (χ0) is 15.8. The molecule has 21 heavy (non-hydrogen) atoms. The molecule has 0 aliphatic rings. The summed E-state index contributed by atoms with van der Waals surface area (Å²) in [5, 5.41) is 0.296. The van der Waals surface area contributed by atoms with Gasteiger partial charge in [-0.05, 0) is 55.3 Å². The maximum Gasteiger partial charge on any atom is 0.262 e. The number of hydrogen-bond acceptors (Lipinski definition) is 3. The van der Waals surface area contributed by atoms with Gasteiger partial charge < -0.3 is 5.73 Å². The third-order valence-electron chi connectivity index (χ3n) is 3.02. The van der Waals surface area contributed by atoms with Crippen LogP contribution in [0.25, 0.3) is 0 Å². The van der Waals surface area contributed by atoms with Crippen LogP contribution in [0.5, 0.6) is 0 Å². The van der Waals surface area contributed by atoms with E-state index in [-0.39, 0.29) is 10.6 Å². The van der Waals surface area contributed by atoms with Gasteiger partial charge in [-0.2, -0.15) is 0 Å². The first-order chi connectivity index (χ1) is 9.70. The van der Waals surface area contributed by atoms with Crippen molar-refractivity contribution in [3.05, 3.63) is 52.3 Å². The molecule has 0 aromatic heterocycles. The van der Waals surface area contributed by atoms with Crippen LogP contribution in [0, 0.1) is 19.7 Å². The highest BCUT2D eigenvalue weighted by atomic mass is 35.5. The Balaban J connectivity index is 2.46. The van der Waals surface area contributed by atoms with Gasteiger partial charge in [0.25, 0.3) is 10.0 Å². The Bertz CT molecular complexity index is 807. The molecule has 0 spiro atoms. The van der Waals surface area contributed by atoms with Crippen molar-refractivity contribution >= 4 is 33.0 Å². The number of anilines is 2. The predicted molar refractivity (Wildman–Crippen MR) is 82.5 cm³/mol. The summed E-state index contributed by atoms with van der Waals surface area (Å²) in [4.78, 5) is 0.0353. The Labute approximate surface area is 127 Å². The number of nitrogen functional groups attached to an aromatic ring is 1. The second kappa shape index (κ2) is 5.54. The maximum atomic E-state index is 13.1. The van der Waals surface area contributed by atoms with E-state index in [0.29, 0.717) is 21.8 Å². The average Bonchev–Trinajstić information content (AvgIpc) is 2.37. The minimum absolute atomic E-state index is 0.0353. The second-order valence-corrected chi connectivity index (χ2v) is 6.76. The smallest absolute Gasteiger partial charge is 0.262 e. The lowest BCUT2D eigenvalue weighted by Gasteiger charge is -2.13. The minimum Gasteiger partial charge on any atom is -0.397 e. The molecule has 0 saturated heterocycles. The number of nitrogens with two attached hydrogens (primary N) is 1. The van der Waals surface area contributed by atoms with E-state index in [2.05, 4.69) is 4.72 Å². The van der Waals surface area contributed by atoms with Crippen LogP contribution >= 0.6 is 11.6 Å². The summed E-state index contributed by atoms with van der Waals surface area (Å²) in [7, 11) is -3.83. The van der Waals surface area contributed by atoms with Gasteiger partial charge in [0.2, 0.25) is 0 Å². The van der Waals surface area contributed by atoms with Crippen molar-refractivity contribution in [2.75, 3.05) is 10.5 Å². The number of hydrogen-bond donors (Lipinski definition) is 2. The number of aryl methyl sites for hydroxylation is 2. The van der Waals surface area contributed by atoms with Gasteiger partial charge in [0.05, 0.1) is 21.3 Å². The van der Waals surface area contributed by atoms with Gasteiger partial charge in [-0.25, -0.2) is 12.8 Å². The summed E-state index contributed by atoms with van der Waals surface area (Å²) in [6.07, 6.45) is 0. The third kappa shape index (κ3) is 3.28. The molecule has 2 aromatic carbocycles. The fraction of sp³-hybridized carbons (Fsp3) is 0.143. The van der Waals surface area contributed by atoms with E-state index in [4.69, 9.17) is 17.3 Å². The van der Waals surface area contributed by atoms with Crippen LogP contribution in [0.4, 0.5) is 15.8 Å². The standard InChI is InChI=1S/C14H14ClFN2O2S/c1-8-5-10(16)3-4-13(8)18-21(19,20)14-7-12(17)11(15)6-9(14)2/h3-7,18H,17H2,1-2H3. The van der Waals surface area contributed by atoms with Crippen LogP contribution in [0.1, 0.15) is 11.1 Å². The molecular formula is C14H14ClFN2O2S. The van der Waals surface area contributed by atoms with E-state index in [1.165, 1.54) is 30.3 Å². The third-order valence-corrected chi connectivity index (χ3v) is 4.85. The number of halogens is 2. The lowest BCUT2D eigenvalue weighted by Crippen LogP contribution is -2.15. The van der Waals surface area contributed by atoms with Gasteiger partial charge >= 0.3 is 0 Å². The first kappa shape index (κ1) is 15.6. The highest BCUT2D eigenvalue weighted by Gasteiger charge is 2.19. The van der Waals surface area contributed by atoms with Crippen molar-refractivity contribution in [3.63, 3.8) is 0 Å². The highest BCUT2D eigenvalue weighted by molar-refractivity contribution is 7.92. The molecule has 0 atom stereocenters. The lowest BCUT2D eigenvalue weighted by atomic mass is 10.2. The van der Waals surface area contributed by atoms with Crippen molar-refractivity contribution in [1.29, 1.82) is 0 Å². The molecule has 0 bridgehead atoms. The van der Waals surface area contributed by atoms with Crippen LogP contribution in [-0.2, 0) is 10.0 Å². The number of nitrogens with one attached hydrogen (secondary N) is 1. The fourth-order valence-corrected chi connectivity index (χ4v) is 3.51. The molecule has 4 nitrogen and oxygen atoms in total. The Morgan fingerprint density at radius 1 is 1.14 bits per heavy atom. The van der Waals surface area contributed by atoms with E-state index in [0.717, 1.165) is 0 Å². The second-order valence-electron chi connectivity index (χ2n) is 4.70. The normalized spacial score (nSPS) is 11.4. The van der Waals surface area contributed by atoms with E-state index >= 15 is 0 Å². The van der Waals surface area contributed by atoms with E-state index in [1.807, 2.05) is 0 Å². The Morgan fingerprint density at radius 2 is 1.81 bits per heavy atom. The topological polar surface area (TPSA) is 72.2 Å². The molecular weight excluding hydrogens is 315 g/mol. The van der Waals surface area contributed by atoms with Gasteiger partial charge in [0, 0.05) is 0 Å². The molecule has 0 fully saturated rings.